The molecule has 6 rings (SSSR count). The highest BCUT2D eigenvalue weighted by Crippen LogP contribution is 2.89. The van der Waals surface area contributed by atoms with Gasteiger partial charge in [-0.1, -0.05) is 48.0 Å². The molecular formula is C35H60N2O4. The van der Waals surface area contributed by atoms with E-state index < -0.39 is 0 Å². The molecule has 2 spiro atoms. The summed E-state index contributed by atoms with van der Waals surface area (Å²) in [5.74, 6) is 3.59. The molecular weight excluding hydrogens is 512 g/mol. The standard InChI is InChI=1S/C35H60N2O4/c1-22(2)31(39)37-18-19-40-30(21-37)41-29-13-14-35-23(3)34(35)16-15-33(6)25(10-8-9-17-36-7)27(38)20-26(33)24(34)11-12-28(35)32(29,4)5/h22-30,36,38H,8-21H2,1-7H3/t23?,24-,25?,26?,27+,28?,29-,30?,33+,34-,35+/m0/s1. The zero-order valence-corrected chi connectivity index (χ0v) is 27.2. The van der Waals surface area contributed by atoms with Crippen molar-refractivity contribution in [3.8, 4) is 0 Å². The van der Waals surface area contributed by atoms with Crippen LogP contribution in [0.25, 0.3) is 0 Å². The summed E-state index contributed by atoms with van der Waals surface area (Å²) >= 11 is 0. The molecule has 234 valence electrons. The molecule has 5 unspecified atom stereocenters. The number of aliphatic hydroxyl groups is 1. The molecule has 6 fully saturated rings. The van der Waals surface area contributed by atoms with Gasteiger partial charge in [-0.05, 0) is 123 Å². The number of carbonyl (C=O) groups is 1. The maximum Gasteiger partial charge on any atom is 0.225 e. The summed E-state index contributed by atoms with van der Waals surface area (Å²) in [6.07, 6.45) is 12.1. The topological polar surface area (TPSA) is 71.0 Å². The van der Waals surface area contributed by atoms with Gasteiger partial charge in [-0.25, -0.2) is 0 Å². The number of nitrogens with one attached hydrogen (secondary N) is 1. The Morgan fingerprint density at radius 3 is 2.59 bits per heavy atom. The van der Waals surface area contributed by atoms with Crippen LogP contribution in [0.15, 0.2) is 0 Å². The first-order valence-electron chi connectivity index (χ1n) is 17.3. The van der Waals surface area contributed by atoms with Crippen molar-refractivity contribution in [3.63, 3.8) is 0 Å². The molecule has 5 aliphatic carbocycles. The summed E-state index contributed by atoms with van der Waals surface area (Å²) in [5, 5.41) is 14.7. The average Bonchev–Trinajstić information content (AvgIpc) is 3.35. The first-order valence-corrected chi connectivity index (χ1v) is 17.3. The van der Waals surface area contributed by atoms with Crippen molar-refractivity contribution in [2.45, 2.75) is 124 Å². The highest BCUT2D eigenvalue weighted by Gasteiger charge is 2.84. The van der Waals surface area contributed by atoms with Gasteiger partial charge in [0.05, 0.1) is 25.4 Å². The Bertz CT molecular complexity index is 985. The predicted octanol–water partition coefficient (Wildman–Crippen LogP) is 5.87. The van der Waals surface area contributed by atoms with Crippen LogP contribution in [0.1, 0.15) is 106 Å². The highest BCUT2D eigenvalue weighted by atomic mass is 16.7. The Kier molecular flexibility index (Phi) is 7.94. The van der Waals surface area contributed by atoms with Crippen molar-refractivity contribution in [1.29, 1.82) is 0 Å². The number of rotatable bonds is 8. The molecule has 1 heterocycles. The van der Waals surface area contributed by atoms with E-state index in [0.29, 0.717) is 53.7 Å². The monoisotopic (exact) mass is 572 g/mol. The van der Waals surface area contributed by atoms with E-state index in [1.807, 2.05) is 25.8 Å². The van der Waals surface area contributed by atoms with Gasteiger partial charge >= 0.3 is 0 Å². The Morgan fingerprint density at radius 1 is 1.07 bits per heavy atom. The smallest absolute Gasteiger partial charge is 0.225 e. The fraction of sp³-hybridized carbons (Fsp3) is 0.971. The molecule has 1 saturated heterocycles. The molecule has 11 atom stereocenters. The molecule has 1 amide bonds. The zero-order chi connectivity index (χ0) is 29.4. The largest absolute Gasteiger partial charge is 0.393 e. The first kappa shape index (κ1) is 30.3. The van der Waals surface area contributed by atoms with E-state index in [0.717, 1.165) is 31.2 Å². The summed E-state index contributed by atoms with van der Waals surface area (Å²) in [7, 11) is 2.04. The molecule has 6 aliphatic rings. The number of hydrogen-bond acceptors (Lipinski definition) is 5. The summed E-state index contributed by atoms with van der Waals surface area (Å²) in [4.78, 5) is 14.6. The molecule has 0 aromatic heterocycles. The van der Waals surface area contributed by atoms with Gasteiger partial charge in [0.15, 0.2) is 6.29 Å². The van der Waals surface area contributed by atoms with Gasteiger partial charge < -0.3 is 24.8 Å². The molecule has 0 aromatic rings. The van der Waals surface area contributed by atoms with Crippen molar-refractivity contribution < 1.29 is 19.4 Å². The van der Waals surface area contributed by atoms with E-state index in [4.69, 9.17) is 9.47 Å². The van der Waals surface area contributed by atoms with Crippen LogP contribution in [-0.2, 0) is 14.3 Å². The number of carbonyl (C=O) groups excluding carboxylic acids is 1. The van der Waals surface area contributed by atoms with Crippen LogP contribution in [0.4, 0.5) is 0 Å². The van der Waals surface area contributed by atoms with Crippen LogP contribution in [0.2, 0.25) is 0 Å². The second-order valence-electron chi connectivity index (χ2n) is 16.4. The molecule has 1 aliphatic heterocycles. The molecule has 5 saturated carbocycles. The minimum Gasteiger partial charge on any atom is -0.393 e. The molecule has 41 heavy (non-hydrogen) atoms. The Labute approximate surface area is 250 Å². The fourth-order valence-electron chi connectivity index (χ4n) is 12.6. The lowest BCUT2D eigenvalue weighted by atomic mass is 9.46. The second-order valence-corrected chi connectivity index (χ2v) is 16.4. The molecule has 6 nitrogen and oxygen atoms in total. The summed E-state index contributed by atoms with van der Waals surface area (Å²) in [6, 6.07) is 0. The fourth-order valence-corrected chi connectivity index (χ4v) is 12.6. The third kappa shape index (κ3) is 4.34. The maximum absolute atomic E-state index is 12.7. The SMILES string of the molecule is CNCCCCC1[C@H](O)CC2[C@@H]3CCC4C(C)(C)[C@@H](OC5CN(C(=O)C(C)C)CCO5)CC[C@@]45C(C)[C@@]35CC[C@]12C. The minimum absolute atomic E-state index is 0.00873. The van der Waals surface area contributed by atoms with Crippen molar-refractivity contribution in [2.75, 3.05) is 33.3 Å². The number of unbranched alkanes of at least 4 members (excludes halogenated alkanes) is 1. The first-order chi connectivity index (χ1) is 19.4. The van der Waals surface area contributed by atoms with E-state index in [2.05, 4.69) is 33.0 Å². The lowest BCUT2D eigenvalue weighted by molar-refractivity contribution is -0.245. The van der Waals surface area contributed by atoms with Crippen LogP contribution < -0.4 is 5.32 Å². The van der Waals surface area contributed by atoms with Crippen molar-refractivity contribution in [1.82, 2.24) is 10.2 Å². The van der Waals surface area contributed by atoms with E-state index in [9.17, 15) is 9.90 Å². The summed E-state index contributed by atoms with van der Waals surface area (Å²) < 4.78 is 12.9. The molecule has 0 bridgehead atoms. The Balaban J connectivity index is 1.17. The van der Waals surface area contributed by atoms with Gasteiger partial charge in [-0.2, -0.15) is 0 Å². The van der Waals surface area contributed by atoms with Gasteiger partial charge in [-0.15, -0.1) is 0 Å². The predicted molar refractivity (Wildman–Crippen MR) is 162 cm³/mol. The van der Waals surface area contributed by atoms with Gasteiger partial charge in [-0.3, -0.25) is 4.79 Å². The van der Waals surface area contributed by atoms with Crippen LogP contribution >= 0.6 is 0 Å². The number of fused-ring (bicyclic) bond motifs is 2. The van der Waals surface area contributed by atoms with Gasteiger partial charge in [0.1, 0.15) is 0 Å². The lowest BCUT2D eigenvalue weighted by Gasteiger charge is -2.59. The normalized spacial score (nSPS) is 48.3. The second kappa shape index (κ2) is 10.7. The molecule has 0 radical (unpaired) electrons. The summed E-state index contributed by atoms with van der Waals surface area (Å²) in [6.45, 7) is 17.0. The number of hydrogen-bond donors (Lipinski definition) is 2. The van der Waals surface area contributed by atoms with Crippen LogP contribution in [0.5, 0.6) is 0 Å². The number of ether oxygens (including phenoxy) is 2. The van der Waals surface area contributed by atoms with Crippen LogP contribution in [0.3, 0.4) is 0 Å². The van der Waals surface area contributed by atoms with Crippen molar-refractivity contribution in [2.24, 2.45) is 57.2 Å². The molecule has 2 N–H and O–H groups in total. The summed E-state index contributed by atoms with van der Waals surface area (Å²) in [5.41, 5.74) is 1.29. The maximum atomic E-state index is 12.7. The van der Waals surface area contributed by atoms with Gasteiger partial charge in [0.25, 0.3) is 0 Å². The average molecular weight is 573 g/mol. The number of amides is 1. The van der Waals surface area contributed by atoms with Gasteiger partial charge in [0.2, 0.25) is 5.91 Å². The number of aliphatic hydroxyl groups excluding tert-OH is 1. The number of nitrogens with zero attached hydrogens (tertiary/aromatic N) is 1. The Morgan fingerprint density at radius 2 is 1.85 bits per heavy atom. The van der Waals surface area contributed by atoms with Crippen LogP contribution in [0, 0.1) is 57.2 Å². The third-order valence-electron chi connectivity index (χ3n) is 14.5. The molecule has 0 aromatic carbocycles. The number of morpholine rings is 1. The van der Waals surface area contributed by atoms with E-state index in [-0.39, 0.29) is 35.7 Å². The van der Waals surface area contributed by atoms with Crippen molar-refractivity contribution in [3.05, 3.63) is 0 Å². The van der Waals surface area contributed by atoms with E-state index in [1.165, 1.54) is 51.4 Å². The van der Waals surface area contributed by atoms with Crippen LogP contribution in [-0.4, -0.2) is 67.7 Å². The van der Waals surface area contributed by atoms with E-state index in [1.54, 1.807) is 0 Å². The lowest BCUT2D eigenvalue weighted by Crippen LogP contribution is -2.56. The Hall–Kier alpha value is -0.690. The third-order valence-corrected chi connectivity index (χ3v) is 14.5. The highest BCUT2D eigenvalue weighted by molar-refractivity contribution is 5.78. The van der Waals surface area contributed by atoms with E-state index >= 15 is 0 Å². The van der Waals surface area contributed by atoms with Crippen molar-refractivity contribution >= 4 is 5.91 Å². The molecule has 6 heteroatoms. The minimum atomic E-state index is -0.313. The quantitative estimate of drug-likeness (QED) is 0.356. The zero-order valence-electron chi connectivity index (χ0n) is 27.2. The van der Waals surface area contributed by atoms with Gasteiger partial charge in [0, 0.05) is 12.5 Å².